The Morgan fingerprint density at radius 2 is 2.04 bits per heavy atom. The minimum atomic E-state index is -1.22. The number of rotatable bonds is 3. The Morgan fingerprint density at radius 3 is 2.76 bits per heavy atom. The number of carbonyl (C=O) groups is 2. The highest BCUT2D eigenvalue weighted by Crippen LogP contribution is 2.30. The number of aromatic carboxylic acids is 1. The number of phenols is 1. The molecule has 1 fully saturated rings. The Labute approximate surface area is 151 Å². The summed E-state index contributed by atoms with van der Waals surface area (Å²) in [5.74, 6) is -1.73. The van der Waals surface area contributed by atoms with Gasteiger partial charge in [-0.1, -0.05) is 23.7 Å². The van der Waals surface area contributed by atoms with Crippen LogP contribution in [0.1, 0.15) is 15.9 Å². The molecule has 2 aromatic rings. The van der Waals surface area contributed by atoms with E-state index < -0.39 is 5.97 Å². The van der Waals surface area contributed by atoms with Crippen LogP contribution in [0.3, 0.4) is 0 Å². The molecule has 0 radical (unpaired) electrons. The molecule has 0 spiro atoms. The third kappa shape index (κ3) is 4.01. The van der Waals surface area contributed by atoms with Crippen LogP contribution in [-0.4, -0.2) is 27.3 Å². The zero-order valence-corrected chi connectivity index (χ0v) is 14.1. The van der Waals surface area contributed by atoms with Gasteiger partial charge in [-0.3, -0.25) is 4.79 Å². The number of amidine groups is 1. The number of amides is 1. The molecule has 1 aliphatic heterocycles. The van der Waals surface area contributed by atoms with Crippen molar-refractivity contribution in [2.24, 2.45) is 4.99 Å². The maximum atomic E-state index is 12.1. The van der Waals surface area contributed by atoms with E-state index in [2.05, 4.69) is 10.3 Å². The SMILES string of the molecule is O=C1NC(=Nc2ccc(O)cc2C(=O)O)S/C1=C\c1cccc(Cl)c1. The summed E-state index contributed by atoms with van der Waals surface area (Å²) in [6, 6.07) is 10.8. The van der Waals surface area contributed by atoms with Crippen LogP contribution >= 0.6 is 23.4 Å². The average molecular weight is 375 g/mol. The van der Waals surface area contributed by atoms with Crippen molar-refractivity contribution in [3.63, 3.8) is 0 Å². The number of nitrogens with one attached hydrogen (secondary N) is 1. The van der Waals surface area contributed by atoms with Gasteiger partial charge in [0.15, 0.2) is 5.17 Å². The van der Waals surface area contributed by atoms with Crippen LogP contribution in [0, 0.1) is 0 Å². The maximum Gasteiger partial charge on any atom is 0.338 e. The van der Waals surface area contributed by atoms with Gasteiger partial charge in [0.25, 0.3) is 5.91 Å². The molecule has 0 atom stereocenters. The van der Waals surface area contributed by atoms with Crippen molar-refractivity contribution >= 4 is 52.2 Å². The first-order valence-electron chi connectivity index (χ1n) is 7.04. The zero-order valence-electron chi connectivity index (χ0n) is 12.6. The quantitative estimate of drug-likeness (QED) is 0.712. The number of hydrogen-bond donors (Lipinski definition) is 3. The van der Waals surface area contributed by atoms with Crippen LogP contribution in [0.5, 0.6) is 5.75 Å². The van der Waals surface area contributed by atoms with Gasteiger partial charge in [0.2, 0.25) is 0 Å². The number of benzene rings is 2. The lowest BCUT2D eigenvalue weighted by Gasteiger charge is -2.02. The number of aromatic hydroxyl groups is 1. The fraction of sp³-hybridized carbons (Fsp3) is 0. The van der Waals surface area contributed by atoms with E-state index in [1.165, 1.54) is 12.1 Å². The number of thioether (sulfide) groups is 1. The van der Waals surface area contributed by atoms with Gasteiger partial charge in [-0.2, -0.15) is 0 Å². The summed E-state index contributed by atoms with van der Waals surface area (Å²) >= 11 is 7.02. The van der Waals surface area contributed by atoms with E-state index in [1.807, 2.05) is 6.07 Å². The number of hydrogen-bond acceptors (Lipinski definition) is 5. The maximum absolute atomic E-state index is 12.1. The van der Waals surface area contributed by atoms with E-state index in [1.54, 1.807) is 24.3 Å². The second kappa shape index (κ2) is 7.00. The van der Waals surface area contributed by atoms with E-state index in [0.717, 1.165) is 23.4 Å². The van der Waals surface area contributed by atoms with Crippen molar-refractivity contribution in [2.45, 2.75) is 0 Å². The molecule has 3 N–H and O–H groups in total. The number of halogens is 1. The van der Waals surface area contributed by atoms with Crippen molar-refractivity contribution in [3.05, 3.63) is 63.5 Å². The Hall–Kier alpha value is -2.77. The molecular weight excluding hydrogens is 364 g/mol. The second-order valence-corrected chi connectivity index (χ2v) is 6.51. The molecule has 0 unspecified atom stereocenters. The van der Waals surface area contributed by atoms with E-state index >= 15 is 0 Å². The predicted octanol–water partition coefficient (Wildman–Crippen LogP) is 3.64. The topological polar surface area (TPSA) is 99.0 Å². The average Bonchev–Trinajstić information content (AvgIpc) is 2.88. The summed E-state index contributed by atoms with van der Waals surface area (Å²) < 4.78 is 0. The van der Waals surface area contributed by atoms with Gasteiger partial charge < -0.3 is 15.5 Å². The number of aliphatic imine (C=N–C) groups is 1. The number of carboxylic acids is 1. The monoisotopic (exact) mass is 374 g/mol. The normalized spacial score (nSPS) is 17.1. The minimum absolute atomic E-state index is 0.136. The van der Waals surface area contributed by atoms with Crippen molar-refractivity contribution < 1.29 is 19.8 Å². The first-order chi connectivity index (χ1) is 11.9. The molecule has 0 aromatic heterocycles. The largest absolute Gasteiger partial charge is 0.508 e. The summed E-state index contributed by atoms with van der Waals surface area (Å²) in [7, 11) is 0. The van der Waals surface area contributed by atoms with E-state index in [9.17, 15) is 19.8 Å². The molecular formula is C17H11ClN2O4S. The first-order valence-corrected chi connectivity index (χ1v) is 8.23. The lowest BCUT2D eigenvalue weighted by atomic mass is 10.2. The number of carbonyl (C=O) groups excluding carboxylic acids is 1. The molecule has 6 nitrogen and oxygen atoms in total. The zero-order chi connectivity index (χ0) is 18.0. The predicted molar refractivity (Wildman–Crippen MR) is 97.3 cm³/mol. The van der Waals surface area contributed by atoms with Crippen LogP contribution < -0.4 is 5.32 Å². The standard InChI is InChI=1S/C17H11ClN2O4S/c18-10-3-1-2-9(6-10)7-14-15(22)20-17(25-14)19-13-5-4-11(21)8-12(13)16(23)24/h1-8,21H,(H,23,24)(H,19,20,22)/b14-7-. The lowest BCUT2D eigenvalue weighted by molar-refractivity contribution is -0.115. The third-order valence-electron chi connectivity index (χ3n) is 3.23. The van der Waals surface area contributed by atoms with Crippen molar-refractivity contribution in [1.29, 1.82) is 0 Å². The Kier molecular flexibility index (Phi) is 4.78. The fourth-order valence-corrected chi connectivity index (χ4v) is 3.16. The Balaban J connectivity index is 1.90. The Bertz CT molecular complexity index is 940. The molecule has 126 valence electrons. The molecule has 8 heteroatoms. The van der Waals surface area contributed by atoms with Gasteiger partial charge in [0.1, 0.15) is 5.75 Å². The van der Waals surface area contributed by atoms with Crippen molar-refractivity contribution in [2.75, 3.05) is 0 Å². The van der Waals surface area contributed by atoms with E-state index in [4.69, 9.17) is 11.6 Å². The van der Waals surface area contributed by atoms with Gasteiger partial charge in [-0.15, -0.1) is 0 Å². The van der Waals surface area contributed by atoms with Gasteiger partial charge in [-0.25, -0.2) is 9.79 Å². The van der Waals surface area contributed by atoms with Crippen LogP contribution in [0.4, 0.5) is 5.69 Å². The molecule has 0 saturated carbocycles. The van der Waals surface area contributed by atoms with Gasteiger partial charge in [0, 0.05) is 5.02 Å². The number of phenolic OH excluding ortho intramolecular Hbond substituents is 1. The molecule has 1 saturated heterocycles. The van der Waals surface area contributed by atoms with Crippen LogP contribution in [0.15, 0.2) is 52.4 Å². The minimum Gasteiger partial charge on any atom is -0.508 e. The molecule has 2 aromatic carbocycles. The summed E-state index contributed by atoms with van der Waals surface area (Å²) in [6.07, 6.45) is 1.67. The summed E-state index contributed by atoms with van der Waals surface area (Å²) in [4.78, 5) is 27.9. The first kappa shape index (κ1) is 17.1. The fourth-order valence-electron chi connectivity index (χ4n) is 2.13. The summed E-state index contributed by atoms with van der Waals surface area (Å²) in [5.41, 5.74) is 0.744. The van der Waals surface area contributed by atoms with Crippen LogP contribution in [0.2, 0.25) is 5.02 Å². The van der Waals surface area contributed by atoms with Gasteiger partial charge in [0.05, 0.1) is 16.2 Å². The van der Waals surface area contributed by atoms with Crippen molar-refractivity contribution in [1.82, 2.24) is 5.32 Å². The van der Waals surface area contributed by atoms with E-state index in [-0.39, 0.29) is 28.1 Å². The molecule has 0 bridgehead atoms. The van der Waals surface area contributed by atoms with E-state index in [0.29, 0.717) is 9.93 Å². The summed E-state index contributed by atoms with van der Waals surface area (Å²) in [5, 5.41) is 22.0. The second-order valence-electron chi connectivity index (χ2n) is 5.04. The molecule has 0 aliphatic carbocycles. The third-order valence-corrected chi connectivity index (χ3v) is 4.37. The number of nitrogens with zero attached hydrogens (tertiary/aromatic N) is 1. The Morgan fingerprint density at radius 1 is 1.24 bits per heavy atom. The van der Waals surface area contributed by atoms with Crippen LogP contribution in [-0.2, 0) is 4.79 Å². The summed E-state index contributed by atoms with van der Waals surface area (Å²) in [6.45, 7) is 0. The molecule has 3 rings (SSSR count). The number of carboxylic acid groups (broad SMARTS) is 1. The smallest absolute Gasteiger partial charge is 0.338 e. The molecule has 25 heavy (non-hydrogen) atoms. The van der Waals surface area contributed by atoms with Gasteiger partial charge >= 0.3 is 5.97 Å². The molecule has 1 amide bonds. The molecule has 1 heterocycles. The van der Waals surface area contributed by atoms with Crippen LogP contribution in [0.25, 0.3) is 6.08 Å². The highest BCUT2D eigenvalue weighted by atomic mass is 35.5. The van der Waals surface area contributed by atoms with Gasteiger partial charge in [-0.05, 0) is 53.7 Å². The highest BCUT2D eigenvalue weighted by Gasteiger charge is 2.24. The lowest BCUT2D eigenvalue weighted by Crippen LogP contribution is -2.19. The molecule has 1 aliphatic rings. The van der Waals surface area contributed by atoms with Crippen molar-refractivity contribution in [3.8, 4) is 5.75 Å². The highest BCUT2D eigenvalue weighted by molar-refractivity contribution is 8.18.